The van der Waals surface area contributed by atoms with Crippen molar-refractivity contribution in [3.05, 3.63) is 58.3 Å². The number of pyridine rings is 1. The molecule has 0 aliphatic heterocycles. The van der Waals surface area contributed by atoms with Crippen LogP contribution in [0.5, 0.6) is 0 Å². The van der Waals surface area contributed by atoms with Crippen LogP contribution in [-0.2, 0) is 0 Å². The van der Waals surface area contributed by atoms with Crippen LogP contribution in [0.15, 0.2) is 47.1 Å². The summed E-state index contributed by atoms with van der Waals surface area (Å²) >= 11 is 3.40. The molecule has 0 amide bonds. The largest absolute Gasteiger partial charge is 0.477 e. The highest BCUT2D eigenvalue weighted by Crippen LogP contribution is 2.29. The molecular formula is C15H11BrN2O2. The quantitative estimate of drug-likeness (QED) is 0.778. The van der Waals surface area contributed by atoms with Crippen LogP contribution in [0.2, 0.25) is 0 Å². The SMILES string of the molecule is Cc1ccccc1-c1nc(Br)c2cccc(C(=O)O)n12. The fourth-order valence-corrected chi connectivity index (χ4v) is 2.75. The normalized spacial score (nSPS) is 10.9. The number of hydrogen-bond donors (Lipinski definition) is 1. The molecule has 5 heteroatoms. The molecule has 2 heterocycles. The minimum atomic E-state index is -0.977. The maximum absolute atomic E-state index is 11.4. The van der Waals surface area contributed by atoms with Crippen molar-refractivity contribution < 1.29 is 9.90 Å². The Morgan fingerprint density at radius 3 is 2.65 bits per heavy atom. The number of nitrogens with zero attached hydrogens (tertiary/aromatic N) is 2. The van der Waals surface area contributed by atoms with Crippen LogP contribution < -0.4 is 0 Å². The smallest absolute Gasteiger partial charge is 0.352 e. The van der Waals surface area contributed by atoms with Crippen molar-refractivity contribution in [3.63, 3.8) is 0 Å². The average Bonchev–Trinajstić information content (AvgIpc) is 2.77. The van der Waals surface area contributed by atoms with Gasteiger partial charge in [0, 0.05) is 5.56 Å². The van der Waals surface area contributed by atoms with Crippen LogP contribution >= 0.6 is 15.9 Å². The van der Waals surface area contributed by atoms with Gasteiger partial charge in [0.1, 0.15) is 16.1 Å². The molecular weight excluding hydrogens is 320 g/mol. The predicted molar refractivity (Wildman–Crippen MR) is 80.0 cm³/mol. The van der Waals surface area contributed by atoms with Gasteiger partial charge in [0.2, 0.25) is 0 Å². The molecule has 0 saturated carbocycles. The maximum atomic E-state index is 11.4. The highest BCUT2D eigenvalue weighted by Gasteiger charge is 2.17. The molecule has 1 N–H and O–H groups in total. The zero-order valence-electron chi connectivity index (χ0n) is 10.7. The summed E-state index contributed by atoms with van der Waals surface area (Å²) in [6.07, 6.45) is 0. The molecule has 4 nitrogen and oxygen atoms in total. The first-order valence-corrected chi connectivity index (χ1v) is 6.85. The minimum absolute atomic E-state index is 0.193. The third-order valence-corrected chi connectivity index (χ3v) is 3.81. The van der Waals surface area contributed by atoms with Gasteiger partial charge in [-0.25, -0.2) is 9.78 Å². The molecule has 1 aromatic carbocycles. The molecule has 2 aromatic heterocycles. The summed E-state index contributed by atoms with van der Waals surface area (Å²) in [6, 6.07) is 12.9. The summed E-state index contributed by atoms with van der Waals surface area (Å²) in [4.78, 5) is 15.9. The van der Waals surface area contributed by atoms with E-state index < -0.39 is 5.97 Å². The molecule has 0 aliphatic rings. The second-order valence-electron chi connectivity index (χ2n) is 4.48. The maximum Gasteiger partial charge on any atom is 0.352 e. The summed E-state index contributed by atoms with van der Waals surface area (Å²) in [5.41, 5.74) is 2.90. The molecule has 0 saturated heterocycles. The van der Waals surface area contributed by atoms with Crippen molar-refractivity contribution in [2.75, 3.05) is 0 Å². The van der Waals surface area contributed by atoms with Crippen molar-refractivity contribution in [2.24, 2.45) is 0 Å². The molecule has 3 aromatic rings. The standard InChI is InChI=1S/C15H11BrN2O2/c1-9-5-2-3-6-10(9)14-17-13(16)11-7-4-8-12(15(19)20)18(11)14/h2-8H,1H3,(H,19,20). The molecule has 0 aliphatic carbocycles. The Hall–Kier alpha value is -2.14. The number of aromatic carboxylic acids is 1. The summed E-state index contributed by atoms with van der Waals surface area (Å²) in [5.74, 6) is -0.349. The molecule has 0 bridgehead atoms. The van der Waals surface area contributed by atoms with Crippen LogP contribution in [0.25, 0.3) is 16.9 Å². The first kappa shape index (κ1) is 12.9. The van der Waals surface area contributed by atoms with E-state index in [9.17, 15) is 9.90 Å². The van der Waals surface area contributed by atoms with Gasteiger partial charge >= 0.3 is 5.97 Å². The number of aromatic nitrogens is 2. The zero-order valence-corrected chi connectivity index (χ0v) is 12.3. The van der Waals surface area contributed by atoms with Crippen molar-refractivity contribution >= 4 is 27.4 Å². The summed E-state index contributed by atoms with van der Waals surface area (Å²) in [7, 11) is 0. The molecule has 20 heavy (non-hydrogen) atoms. The summed E-state index contributed by atoms with van der Waals surface area (Å²) in [6.45, 7) is 1.98. The number of carboxylic acid groups (broad SMARTS) is 1. The van der Waals surface area contributed by atoms with Crippen LogP contribution in [0, 0.1) is 6.92 Å². The number of aryl methyl sites for hydroxylation is 1. The van der Waals surface area contributed by atoms with Crippen LogP contribution in [-0.4, -0.2) is 20.5 Å². The van der Waals surface area contributed by atoms with E-state index in [1.165, 1.54) is 0 Å². The third kappa shape index (κ3) is 1.91. The number of imidazole rings is 1. The molecule has 0 atom stereocenters. The Morgan fingerprint density at radius 2 is 1.95 bits per heavy atom. The zero-order chi connectivity index (χ0) is 14.3. The number of halogens is 1. The van der Waals surface area contributed by atoms with E-state index in [0.29, 0.717) is 10.4 Å². The Balaban J connectivity index is 2.43. The second kappa shape index (κ2) is 4.76. The van der Waals surface area contributed by atoms with Crippen molar-refractivity contribution in [1.29, 1.82) is 0 Å². The lowest BCUT2D eigenvalue weighted by molar-refractivity contribution is 0.0689. The Morgan fingerprint density at radius 1 is 1.20 bits per heavy atom. The lowest BCUT2D eigenvalue weighted by Gasteiger charge is -2.07. The molecule has 3 rings (SSSR count). The topological polar surface area (TPSA) is 54.6 Å². The van der Waals surface area contributed by atoms with Gasteiger partial charge < -0.3 is 5.11 Å². The van der Waals surface area contributed by atoms with Crippen molar-refractivity contribution in [2.45, 2.75) is 6.92 Å². The van der Waals surface area contributed by atoms with E-state index in [-0.39, 0.29) is 5.69 Å². The average molecular weight is 331 g/mol. The van der Waals surface area contributed by atoms with Gasteiger partial charge in [-0.3, -0.25) is 4.40 Å². The number of carbonyl (C=O) groups is 1. The third-order valence-electron chi connectivity index (χ3n) is 3.22. The number of rotatable bonds is 2. The first-order valence-electron chi connectivity index (χ1n) is 6.06. The fraction of sp³-hybridized carbons (Fsp3) is 0.0667. The molecule has 0 spiro atoms. The number of hydrogen-bond acceptors (Lipinski definition) is 2. The second-order valence-corrected chi connectivity index (χ2v) is 5.23. The van der Waals surface area contributed by atoms with Crippen LogP contribution in [0.4, 0.5) is 0 Å². The van der Waals surface area contributed by atoms with Crippen LogP contribution in [0.1, 0.15) is 16.1 Å². The van der Waals surface area contributed by atoms with E-state index in [1.54, 1.807) is 16.5 Å². The lowest BCUT2D eigenvalue weighted by atomic mass is 10.1. The van der Waals surface area contributed by atoms with Gasteiger partial charge in [-0.1, -0.05) is 30.3 Å². The Bertz CT molecular complexity index is 824. The number of fused-ring (bicyclic) bond motifs is 1. The first-order chi connectivity index (χ1) is 9.59. The summed E-state index contributed by atoms with van der Waals surface area (Å²) < 4.78 is 2.30. The molecule has 0 radical (unpaired) electrons. The lowest BCUT2D eigenvalue weighted by Crippen LogP contribution is -2.06. The van der Waals surface area contributed by atoms with Gasteiger partial charge in [0.05, 0.1) is 5.52 Å². The number of carboxylic acids is 1. The fourth-order valence-electron chi connectivity index (χ4n) is 2.27. The highest BCUT2D eigenvalue weighted by molar-refractivity contribution is 9.10. The van der Waals surface area contributed by atoms with E-state index in [2.05, 4.69) is 20.9 Å². The predicted octanol–water partition coefficient (Wildman–Crippen LogP) is 3.77. The summed E-state index contributed by atoms with van der Waals surface area (Å²) in [5, 5.41) is 9.37. The van der Waals surface area contributed by atoms with E-state index in [4.69, 9.17) is 0 Å². The minimum Gasteiger partial charge on any atom is -0.477 e. The van der Waals surface area contributed by atoms with Crippen LogP contribution in [0.3, 0.4) is 0 Å². The Kier molecular flexibility index (Phi) is 3.06. The van der Waals surface area contributed by atoms with Gasteiger partial charge in [-0.2, -0.15) is 0 Å². The van der Waals surface area contributed by atoms with Crippen molar-refractivity contribution in [3.8, 4) is 11.4 Å². The highest BCUT2D eigenvalue weighted by atomic mass is 79.9. The van der Waals surface area contributed by atoms with E-state index >= 15 is 0 Å². The molecule has 100 valence electrons. The number of benzene rings is 1. The van der Waals surface area contributed by atoms with E-state index in [0.717, 1.165) is 16.6 Å². The van der Waals surface area contributed by atoms with Gasteiger partial charge in [-0.15, -0.1) is 0 Å². The van der Waals surface area contributed by atoms with Gasteiger partial charge in [0.25, 0.3) is 0 Å². The van der Waals surface area contributed by atoms with Crippen molar-refractivity contribution in [1.82, 2.24) is 9.38 Å². The van der Waals surface area contributed by atoms with Gasteiger partial charge in [0.15, 0.2) is 0 Å². The molecule has 0 fully saturated rings. The molecule has 0 unspecified atom stereocenters. The van der Waals surface area contributed by atoms with Gasteiger partial charge in [-0.05, 0) is 40.5 Å². The van der Waals surface area contributed by atoms with E-state index in [1.807, 2.05) is 37.3 Å². The monoisotopic (exact) mass is 330 g/mol. The Labute approximate surface area is 123 Å².